The number of carbonyl (C=O) groups is 1. The first-order valence-corrected chi connectivity index (χ1v) is 7.39. The van der Waals surface area contributed by atoms with Crippen molar-refractivity contribution >= 4 is 33.0 Å². The minimum Gasteiger partial charge on any atom is -0.288 e. The van der Waals surface area contributed by atoms with Crippen LogP contribution < -0.4 is 0 Å². The van der Waals surface area contributed by atoms with Crippen LogP contribution in [0.2, 0.25) is 0 Å². The van der Waals surface area contributed by atoms with E-state index in [1.54, 1.807) is 11.3 Å². The fraction of sp³-hybridized carbons (Fsp3) is 0.267. The molecule has 0 aliphatic carbocycles. The second kappa shape index (κ2) is 4.98. The summed E-state index contributed by atoms with van der Waals surface area (Å²) in [4.78, 5) is 14.5. The summed E-state index contributed by atoms with van der Waals surface area (Å²) < 4.78 is 1.01. The minimum atomic E-state index is 0.129. The Hall–Kier alpha value is -0.930. The van der Waals surface area contributed by atoms with Gasteiger partial charge in [0, 0.05) is 14.9 Å². The van der Waals surface area contributed by atoms with Crippen LogP contribution >= 0.6 is 27.3 Å². The lowest BCUT2D eigenvalue weighted by Crippen LogP contribution is -2.05. The molecule has 2 rings (SSSR count). The number of aryl methyl sites for hydroxylation is 4. The topological polar surface area (TPSA) is 17.1 Å². The van der Waals surface area contributed by atoms with Crippen LogP contribution in [0.5, 0.6) is 0 Å². The number of hydrogen-bond acceptors (Lipinski definition) is 2. The van der Waals surface area contributed by atoms with Crippen molar-refractivity contribution in [3.8, 4) is 0 Å². The summed E-state index contributed by atoms with van der Waals surface area (Å²) >= 11 is 5.01. The van der Waals surface area contributed by atoms with Gasteiger partial charge >= 0.3 is 0 Å². The van der Waals surface area contributed by atoms with E-state index in [2.05, 4.69) is 35.0 Å². The quantitative estimate of drug-likeness (QED) is 0.713. The lowest BCUT2D eigenvalue weighted by atomic mass is 9.96. The van der Waals surface area contributed by atoms with Gasteiger partial charge in [-0.1, -0.05) is 17.7 Å². The van der Waals surface area contributed by atoms with Crippen molar-refractivity contribution in [1.82, 2.24) is 0 Å². The van der Waals surface area contributed by atoms with Crippen LogP contribution in [-0.4, -0.2) is 5.78 Å². The summed E-state index contributed by atoms with van der Waals surface area (Å²) in [6, 6.07) is 6.05. The Kier molecular flexibility index (Phi) is 3.74. The Morgan fingerprint density at radius 3 is 2.06 bits per heavy atom. The fourth-order valence-electron chi connectivity index (χ4n) is 2.23. The molecule has 1 nitrogen and oxygen atoms in total. The molecular formula is C15H15BrOS. The summed E-state index contributed by atoms with van der Waals surface area (Å²) in [6.07, 6.45) is 0. The third-order valence-corrected chi connectivity index (χ3v) is 5.12. The SMILES string of the molecule is Cc1cc(C)c(C(=O)c2cc(Br)c(C)s2)c(C)c1. The molecule has 0 atom stereocenters. The number of benzene rings is 1. The smallest absolute Gasteiger partial charge is 0.203 e. The second-order valence-electron chi connectivity index (χ2n) is 4.62. The summed E-state index contributed by atoms with van der Waals surface area (Å²) in [5.41, 5.74) is 4.15. The van der Waals surface area contributed by atoms with E-state index in [1.165, 1.54) is 5.56 Å². The van der Waals surface area contributed by atoms with Gasteiger partial charge in [0.1, 0.15) is 0 Å². The minimum absolute atomic E-state index is 0.129. The standard InChI is InChI=1S/C15H15BrOS/c1-8-5-9(2)14(10(3)6-8)15(17)13-7-12(16)11(4)18-13/h5-7H,1-4H3. The molecule has 94 valence electrons. The van der Waals surface area contributed by atoms with Crippen molar-refractivity contribution in [3.05, 3.63) is 54.7 Å². The average Bonchev–Trinajstić information content (AvgIpc) is 2.57. The zero-order chi connectivity index (χ0) is 13.4. The lowest BCUT2D eigenvalue weighted by Gasteiger charge is -2.09. The molecule has 0 radical (unpaired) electrons. The van der Waals surface area contributed by atoms with E-state index in [0.29, 0.717) is 0 Å². The van der Waals surface area contributed by atoms with Crippen molar-refractivity contribution in [3.63, 3.8) is 0 Å². The Morgan fingerprint density at radius 2 is 1.61 bits per heavy atom. The molecule has 1 heterocycles. The van der Waals surface area contributed by atoms with E-state index in [-0.39, 0.29) is 5.78 Å². The molecule has 0 saturated carbocycles. The zero-order valence-corrected chi connectivity index (χ0v) is 13.3. The van der Waals surface area contributed by atoms with Gasteiger partial charge in [-0.15, -0.1) is 11.3 Å². The number of rotatable bonds is 2. The van der Waals surface area contributed by atoms with E-state index in [4.69, 9.17) is 0 Å². The highest BCUT2D eigenvalue weighted by Crippen LogP contribution is 2.29. The van der Waals surface area contributed by atoms with Crippen molar-refractivity contribution in [2.45, 2.75) is 27.7 Å². The van der Waals surface area contributed by atoms with Crippen molar-refractivity contribution < 1.29 is 4.79 Å². The van der Waals surface area contributed by atoms with Gasteiger partial charge in [-0.25, -0.2) is 0 Å². The molecule has 3 heteroatoms. The first-order chi connectivity index (χ1) is 8.40. The number of carbonyl (C=O) groups excluding carboxylic acids is 1. The largest absolute Gasteiger partial charge is 0.288 e. The molecule has 2 aromatic rings. The van der Waals surface area contributed by atoms with Crippen molar-refractivity contribution in [2.75, 3.05) is 0 Å². The molecular weight excluding hydrogens is 308 g/mol. The highest BCUT2D eigenvalue weighted by molar-refractivity contribution is 9.10. The molecule has 0 aliphatic heterocycles. The fourth-order valence-corrected chi connectivity index (χ4v) is 3.71. The molecule has 0 saturated heterocycles. The molecule has 0 spiro atoms. The van der Waals surface area contributed by atoms with Gasteiger partial charge in [0.05, 0.1) is 4.88 Å². The van der Waals surface area contributed by atoms with Crippen LogP contribution in [0.15, 0.2) is 22.7 Å². The molecule has 0 amide bonds. The number of hydrogen-bond donors (Lipinski definition) is 0. The summed E-state index contributed by atoms with van der Waals surface area (Å²) in [5.74, 6) is 0.129. The molecule has 0 bridgehead atoms. The normalized spacial score (nSPS) is 10.7. The predicted molar refractivity (Wildman–Crippen MR) is 80.8 cm³/mol. The highest BCUT2D eigenvalue weighted by atomic mass is 79.9. The number of thiophene rings is 1. The van der Waals surface area contributed by atoms with Gasteiger partial charge in [-0.2, -0.15) is 0 Å². The summed E-state index contributed by atoms with van der Waals surface area (Å²) in [7, 11) is 0. The van der Waals surface area contributed by atoms with Gasteiger partial charge in [0.2, 0.25) is 5.78 Å². The molecule has 0 fully saturated rings. The molecule has 0 aliphatic rings. The van der Waals surface area contributed by atoms with Gasteiger partial charge in [0.15, 0.2) is 0 Å². The van der Waals surface area contributed by atoms with Gasteiger partial charge < -0.3 is 0 Å². The molecule has 1 aromatic heterocycles. The molecule has 1 aromatic carbocycles. The van der Waals surface area contributed by atoms with Crippen LogP contribution in [0.1, 0.15) is 36.8 Å². The third-order valence-electron chi connectivity index (χ3n) is 2.99. The van der Waals surface area contributed by atoms with Gasteiger partial charge in [0.25, 0.3) is 0 Å². The van der Waals surface area contributed by atoms with Crippen LogP contribution in [0.25, 0.3) is 0 Å². The first kappa shape index (κ1) is 13.5. The third kappa shape index (κ3) is 2.43. The van der Waals surface area contributed by atoms with Crippen LogP contribution in [0.4, 0.5) is 0 Å². The van der Waals surface area contributed by atoms with Crippen LogP contribution in [0, 0.1) is 27.7 Å². The second-order valence-corrected chi connectivity index (χ2v) is 6.73. The van der Waals surface area contributed by atoms with E-state index >= 15 is 0 Å². The van der Waals surface area contributed by atoms with E-state index in [0.717, 1.165) is 30.9 Å². The van der Waals surface area contributed by atoms with E-state index < -0.39 is 0 Å². The molecule has 0 unspecified atom stereocenters. The van der Waals surface area contributed by atoms with Gasteiger partial charge in [-0.05, 0) is 60.8 Å². The Balaban J connectivity index is 2.52. The number of ketones is 1. The first-order valence-electron chi connectivity index (χ1n) is 5.78. The molecule has 18 heavy (non-hydrogen) atoms. The van der Waals surface area contributed by atoms with Crippen molar-refractivity contribution in [1.29, 1.82) is 0 Å². The highest BCUT2D eigenvalue weighted by Gasteiger charge is 2.17. The maximum Gasteiger partial charge on any atom is 0.203 e. The maximum absolute atomic E-state index is 12.6. The summed E-state index contributed by atoms with van der Waals surface area (Å²) in [5, 5.41) is 0. The number of halogens is 1. The lowest BCUT2D eigenvalue weighted by molar-refractivity contribution is 0.104. The van der Waals surface area contributed by atoms with Gasteiger partial charge in [-0.3, -0.25) is 4.79 Å². The Bertz CT molecular complexity index is 583. The average molecular weight is 323 g/mol. The van der Waals surface area contributed by atoms with E-state index in [1.807, 2.05) is 26.8 Å². The van der Waals surface area contributed by atoms with E-state index in [9.17, 15) is 4.79 Å². The Labute approximate surface area is 120 Å². The summed E-state index contributed by atoms with van der Waals surface area (Å²) in [6.45, 7) is 8.08. The predicted octanol–water partition coefficient (Wildman–Crippen LogP) is 4.98. The Morgan fingerprint density at radius 1 is 1.06 bits per heavy atom. The van der Waals surface area contributed by atoms with Crippen molar-refractivity contribution in [2.24, 2.45) is 0 Å². The van der Waals surface area contributed by atoms with Crippen LogP contribution in [-0.2, 0) is 0 Å². The zero-order valence-electron chi connectivity index (χ0n) is 10.9. The van der Waals surface area contributed by atoms with Crippen LogP contribution in [0.3, 0.4) is 0 Å². The monoisotopic (exact) mass is 322 g/mol. The molecule has 0 N–H and O–H groups in total. The maximum atomic E-state index is 12.6.